The Kier molecular flexibility index (Phi) is 3.31. The molecule has 2 aromatic heterocycles. The van der Waals surface area contributed by atoms with Gasteiger partial charge in [-0.2, -0.15) is 5.10 Å². The molecule has 0 fully saturated rings. The molecule has 16 heavy (non-hydrogen) atoms. The third-order valence-electron chi connectivity index (χ3n) is 1.92. The van der Waals surface area contributed by atoms with Gasteiger partial charge < -0.3 is 0 Å². The normalized spacial score (nSPS) is 10.8. The molecule has 0 spiro atoms. The minimum atomic E-state index is 0.172. The summed E-state index contributed by atoms with van der Waals surface area (Å²) in [6.07, 6.45) is 1.61. The second-order valence-electron chi connectivity index (χ2n) is 3.07. The van der Waals surface area contributed by atoms with Gasteiger partial charge in [0.15, 0.2) is 5.82 Å². The van der Waals surface area contributed by atoms with E-state index < -0.39 is 0 Å². The van der Waals surface area contributed by atoms with E-state index >= 15 is 0 Å². The van der Waals surface area contributed by atoms with Crippen molar-refractivity contribution < 1.29 is 0 Å². The molecular weight excluding hydrogens is 292 g/mol. The maximum absolute atomic E-state index is 5.99. The minimum Gasteiger partial charge on any atom is -0.219 e. The van der Waals surface area contributed by atoms with Crippen molar-refractivity contribution in [2.45, 2.75) is 6.92 Å². The second kappa shape index (κ2) is 4.41. The van der Waals surface area contributed by atoms with E-state index in [1.54, 1.807) is 13.1 Å². The van der Waals surface area contributed by atoms with Gasteiger partial charge in [-0.25, -0.2) is 9.67 Å². The fourth-order valence-electron chi connectivity index (χ4n) is 1.14. The maximum Gasteiger partial charge on any atom is 0.173 e. The summed E-state index contributed by atoms with van der Waals surface area (Å²) in [7, 11) is 0. The van der Waals surface area contributed by atoms with Crippen LogP contribution in [0.2, 0.25) is 20.2 Å². The molecule has 2 heterocycles. The zero-order chi connectivity index (χ0) is 11.9. The van der Waals surface area contributed by atoms with Crippen LogP contribution in [-0.4, -0.2) is 14.8 Å². The van der Waals surface area contributed by atoms with Crippen LogP contribution < -0.4 is 0 Å². The van der Waals surface area contributed by atoms with Gasteiger partial charge in [0.05, 0.1) is 27.0 Å². The molecular formula is C9H5Cl4N3. The van der Waals surface area contributed by atoms with Gasteiger partial charge >= 0.3 is 0 Å². The number of halogens is 4. The highest BCUT2D eigenvalue weighted by Crippen LogP contribution is 2.28. The Morgan fingerprint density at radius 2 is 1.75 bits per heavy atom. The van der Waals surface area contributed by atoms with Gasteiger partial charge in [0, 0.05) is 0 Å². The van der Waals surface area contributed by atoms with Gasteiger partial charge in [-0.15, -0.1) is 0 Å². The molecule has 0 atom stereocenters. The van der Waals surface area contributed by atoms with Crippen LogP contribution in [0.15, 0.2) is 12.3 Å². The molecule has 0 N–H and O–H groups in total. The van der Waals surface area contributed by atoms with E-state index in [1.807, 2.05) is 0 Å². The second-order valence-corrected chi connectivity index (χ2v) is 4.65. The highest BCUT2D eigenvalue weighted by atomic mass is 35.5. The largest absolute Gasteiger partial charge is 0.219 e. The molecule has 0 aliphatic carbocycles. The Balaban J connectivity index is 2.60. The van der Waals surface area contributed by atoms with Crippen molar-refractivity contribution in [2.75, 3.05) is 0 Å². The first-order valence-electron chi connectivity index (χ1n) is 4.22. The highest BCUT2D eigenvalue weighted by molar-refractivity contribution is 6.42. The number of pyridine rings is 1. The Hall–Kier alpha value is -0.480. The van der Waals surface area contributed by atoms with Crippen LogP contribution in [0.3, 0.4) is 0 Å². The molecule has 0 aliphatic rings. The predicted octanol–water partition coefficient (Wildman–Crippen LogP) is 4.19. The summed E-state index contributed by atoms with van der Waals surface area (Å²) in [5.74, 6) is 0.395. The first-order chi connectivity index (χ1) is 7.49. The average molecular weight is 297 g/mol. The molecule has 0 radical (unpaired) electrons. The molecule has 0 amide bonds. The number of hydrogen-bond acceptors (Lipinski definition) is 2. The van der Waals surface area contributed by atoms with Crippen LogP contribution in [0.4, 0.5) is 0 Å². The molecule has 0 aliphatic heterocycles. The topological polar surface area (TPSA) is 30.7 Å². The van der Waals surface area contributed by atoms with E-state index in [2.05, 4.69) is 10.1 Å². The van der Waals surface area contributed by atoms with Crippen molar-refractivity contribution in [3.05, 3.63) is 38.2 Å². The lowest BCUT2D eigenvalue weighted by atomic mass is 10.4. The van der Waals surface area contributed by atoms with E-state index in [1.165, 1.54) is 10.7 Å². The van der Waals surface area contributed by atoms with Crippen LogP contribution in [0, 0.1) is 6.92 Å². The molecule has 2 aromatic rings. The zero-order valence-corrected chi connectivity index (χ0v) is 11.0. The summed E-state index contributed by atoms with van der Waals surface area (Å²) in [6.45, 7) is 1.78. The van der Waals surface area contributed by atoms with Gasteiger partial charge in [-0.3, -0.25) is 0 Å². The Labute approximate surface area is 112 Å². The SMILES string of the molecule is Cc1nn(-c2nc(Cl)c(Cl)cc2Cl)cc1Cl. The van der Waals surface area contributed by atoms with Crippen LogP contribution >= 0.6 is 46.4 Å². The lowest BCUT2D eigenvalue weighted by molar-refractivity contribution is 0.833. The van der Waals surface area contributed by atoms with E-state index in [0.717, 1.165) is 0 Å². The van der Waals surface area contributed by atoms with E-state index in [0.29, 0.717) is 26.6 Å². The van der Waals surface area contributed by atoms with Crippen LogP contribution in [0.5, 0.6) is 0 Å². The zero-order valence-electron chi connectivity index (χ0n) is 8.01. The van der Waals surface area contributed by atoms with Crippen molar-refractivity contribution in [2.24, 2.45) is 0 Å². The summed E-state index contributed by atoms with van der Waals surface area (Å²) >= 11 is 23.5. The van der Waals surface area contributed by atoms with Crippen molar-refractivity contribution in [1.29, 1.82) is 0 Å². The van der Waals surface area contributed by atoms with Gasteiger partial charge in [0.25, 0.3) is 0 Å². The molecule has 2 rings (SSSR count). The summed E-state index contributed by atoms with van der Waals surface area (Å²) in [6, 6.07) is 1.51. The van der Waals surface area contributed by atoms with Crippen molar-refractivity contribution >= 4 is 46.4 Å². The van der Waals surface area contributed by atoms with Crippen LogP contribution in [0.1, 0.15) is 5.69 Å². The number of aromatic nitrogens is 3. The van der Waals surface area contributed by atoms with E-state index in [-0.39, 0.29) is 5.15 Å². The van der Waals surface area contributed by atoms with Crippen LogP contribution in [0.25, 0.3) is 5.82 Å². The predicted molar refractivity (Wildman–Crippen MR) is 66.1 cm³/mol. The monoisotopic (exact) mass is 295 g/mol. The minimum absolute atomic E-state index is 0.172. The number of aryl methyl sites for hydroxylation is 1. The summed E-state index contributed by atoms with van der Waals surface area (Å²) in [5, 5.41) is 5.50. The molecule has 0 unspecified atom stereocenters. The fraction of sp³-hybridized carbons (Fsp3) is 0.111. The van der Waals surface area contributed by atoms with Gasteiger partial charge in [0.1, 0.15) is 5.15 Å². The first-order valence-corrected chi connectivity index (χ1v) is 5.74. The van der Waals surface area contributed by atoms with Crippen molar-refractivity contribution in [1.82, 2.24) is 14.8 Å². The third kappa shape index (κ3) is 2.13. The number of hydrogen-bond donors (Lipinski definition) is 0. The fourth-order valence-corrected chi connectivity index (χ4v) is 1.85. The lowest BCUT2D eigenvalue weighted by Gasteiger charge is -2.04. The molecule has 0 saturated carbocycles. The summed E-state index contributed by atoms with van der Waals surface area (Å²) in [4.78, 5) is 4.04. The molecule has 0 bridgehead atoms. The Bertz CT molecular complexity index is 530. The Morgan fingerprint density at radius 1 is 1.06 bits per heavy atom. The Morgan fingerprint density at radius 3 is 2.31 bits per heavy atom. The number of rotatable bonds is 1. The highest BCUT2D eigenvalue weighted by Gasteiger charge is 2.12. The summed E-state index contributed by atoms with van der Waals surface area (Å²) in [5.41, 5.74) is 0.686. The van der Waals surface area contributed by atoms with Crippen LogP contribution in [-0.2, 0) is 0 Å². The number of nitrogens with zero attached hydrogens (tertiary/aromatic N) is 3. The third-order valence-corrected chi connectivity index (χ3v) is 3.25. The molecule has 84 valence electrons. The van der Waals surface area contributed by atoms with E-state index in [9.17, 15) is 0 Å². The molecule has 3 nitrogen and oxygen atoms in total. The smallest absolute Gasteiger partial charge is 0.173 e. The standard InChI is InChI=1S/C9H5Cl4N3/c1-4-7(12)3-16(15-4)9-6(11)2-5(10)8(13)14-9/h2-3H,1H3. The van der Waals surface area contributed by atoms with Gasteiger partial charge in [-0.1, -0.05) is 46.4 Å². The average Bonchev–Trinajstić information content (AvgIpc) is 2.53. The van der Waals surface area contributed by atoms with E-state index in [4.69, 9.17) is 46.4 Å². The lowest BCUT2D eigenvalue weighted by Crippen LogP contribution is -2.00. The summed E-state index contributed by atoms with van der Waals surface area (Å²) < 4.78 is 1.46. The van der Waals surface area contributed by atoms with Gasteiger partial charge in [-0.05, 0) is 13.0 Å². The first kappa shape index (κ1) is 12.0. The maximum atomic E-state index is 5.99. The van der Waals surface area contributed by atoms with Crippen molar-refractivity contribution in [3.63, 3.8) is 0 Å². The molecule has 0 saturated heterocycles. The van der Waals surface area contributed by atoms with Crippen molar-refractivity contribution in [3.8, 4) is 5.82 Å². The quantitative estimate of drug-likeness (QED) is 0.739. The van der Waals surface area contributed by atoms with Gasteiger partial charge in [0.2, 0.25) is 0 Å². The molecule has 0 aromatic carbocycles. The molecule has 7 heteroatoms.